The first kappa shape index (κ1) is 16.3. The number of hydrogen-bond donors (Lipinski definition) is 0. The van der Waals surface area contributed by atoms with Crippen LogP contribution in [0.5, 0.6) is 5.75 Å². The molecule has 122 valence electrons. The molecule has 0 atom stereocenters. The molecule has 0 fully saturated rings. The molecule has 3 nitrogen and oxygen atoms in total. The van der Waals surface area contributed by atoms with Gasteiger partial charge < -0.3 is 9.30 Å². The van der Waals surface area contributed by atoms with Crippen molar-refractivity contribution in [2.75, 3.05) is 7.11 Å². The van der Waals surface area contributed by atoms with E-state index in [1.54, 1.807) is 7.11 Å². The molecular weight excluding hydrogens is 320 g/mol. The van der Waals surface area contributed by atoms with Crippen LogP contribution < -0.4 is 4.74 Å². The molecule has 1 aromatic heterocycles. The summed E-state index contributed by atoms with van der Waals surface area (Å²) < 4.78 is 7.41. The molecule has 4 heteroatoms. The fourth-order valence-corrected chi connectivity index (χ4v) is 2.95. The Bertz CT molecular complexity index is 896. The van der Waals surface area contributed by atoms with Gasteiger partial charge in [-0.2, -0.15) is 0 Å². The van der Waals surface area contributed by atoms with Crippen molar-refractivity contribution >= 4 is 23.5 Å². The molecule has 3 aromatic rings. The first-order valence-electron chi connectivity index (χ1n) is 7.71. The van der Waals surface area contributed by atoms with Crippen LogP contribution in [0.3, 0.4) is 0 Å². The van der Waals surface area contributed by atoms with Crippen molar-refractivity contribution in [2.24, 2.45) is 4.99 Å². The van der Waals surface area contributed by atoms with Crippen molar-refractivity contribution in [3.05, 3.63) is 76.6 Å². The second-order valence-corrected chi connectivity index (χ2v) is 6.04. The summed E-state index contributed by atoms with van der Waals surface area (Å²) in [6.07, 6.45) is 1.89. The monoisotopic (exact) mass is 338 g/mol. The largest absolute Gasteiger partial charge is 0.497 e. The summed E-state index contributed by atoms with van der Waals surface area (Å²) in [5.41, 5.74) is 5.26. The van der Waals surface area contributed by atoms with Crippen LogP contribution in [-0.2, 0) is 0 Å². The number of ether oxygens (including phenoxy) is 1. The van der Waals surface area contributed by atoms with E-state index >= 15 is 0 Å². The average Bonchev–Trinajstić information content (AvgIpc) is 2.87. The smallest absolute Gasteiger partial charge is 0.121 e. The van der Waals surface area contributed by atoms with Gasteiger partial charge >= 0.3 is 0 Å². The van der Waals surface area contributed by atoms with Crippen LogP contribution in [0.15, 0.2) is 59.6 Å². The predicted molar refractivity (Wildman–Crippen MR) is 101 cm³/mol. The Morgan fingerprint density at radius 3 is 2.58 bits per heavy atom. The molecule has 0 aliphatic carbocycles. The third-order valence-corrected chi connectivity index (χ3v) is 4.18. The van der Waals surface area contributed by atoms with Crippen LogP contribution in [0, 0.1) is 13.8 Å². The van der Waals surface area contributed by atoms with Crippen molar-refractivity contribution in [2.45, 2.75) is 13.8 Å². The summed E-state index contributed by atoms with van der Waals surface area (Å²) in [4.78, 5) is 4.57. The van der Waals surface area contributed by atoms with E-state index in [0.717, 1.165) is 39.1 Å². The van der Waals surface area contributed by atoms with Crippen LogP contribution in [0.25, 0.3) is 5.69 Å². The summed E-state index contributed by atoms with van der Waals surface area (Å²) in [6.45, 7) is 4.16. The zero-order valence-corrected chi connectivity index (χ0v) is 14.7. The molecule has 3 rings (SSSR count). The van der Waals surface area contributed by atoms with Crippen LogP contribution in [0.2, 0.25) is 5.02 Å². The molecule has 0 radical (unpaired) electrons. The van der Waals surface area contributed by atoms with E-state index in [9.17, 15) is 0 Å². The maximum Gasteiger partial charge on any atom is 0.121 e. The molecule has 0 N–H and O–H groups in total. The lowest BCUT2D eigenvalue weighted by molar-refractivity contribution is 0.415. The van der Waals surface area contributed by atoms with Crippen LogP contribution in [-0.4, -0.2) is 17.9 Å². The molecule has 1 heterocycles. The lowest BCUT2D eigenvalue weighted by Gasteiger charge is -2.09. The topological polar surface area (TPSA) is 26.5 Å². The number of hydrogen-bond acceptors (Lipinski definition) is 2. The van der Waals surface area contributed by atoms with Gasteiger partial charge in [-0.25, -0.2) is 0 Å². The Balaban J connectivity index is 1.95. The number of nitrogens with zero attached hydrogens (tertiary/aromatic N) is 2. The number of methoxy groups -OCH3 is 1. The van der Waals surface area contributed by atoms with Crippen molar-refractivity contribution in [1.29, 1.82) is 0 Å². The van der Waals surface area contributed by atoms with Gasteiger partial charge in [-0.3, -0.25) is 4.99 Å². The Morgan fingerprint density at radius 2 is 1.83 bits per heavy atom. The maximum absolute atomic E-state index is 6.12. The first-order chi connectivity index (χ1) is 11.6. The highest BCUT2D eigenvalue weighted by atomic mass is 35.5. The van der Waals surface area contributed by atoms with Gasteiger partial charge in [-0.05, 0) is 50.2 Å². The molecule has 0 aliphatic rings. The third-order valence-electron chi connectivity index (χ3n) is 3.94. The first-order valence-corrected chi connectivity index (χ1v) is 8.09. The van der Waals surface area contributed by atoms with E-state index < -0.39 is 0 Å². The molecule has 0 saturated heterocycles. The van der Waals surface area contributed by atoms with E-state index in [0.29, 0.717) is 0 Å². The Labute approximate surface area is 147 Å². The zero-order valence-electron chi connectivity index (χ0n) is 14.0. The molecule has 0 saturated carbocycles. The Morgan fingerprint density at radius 1 is 1.04 bits per heavy atom. The highest BCUT2D eigenvalue weighted by Gasteiger charge is 2.09. The number of halogens is 1. The van der Waals surface area contributed by atoms with Gasteiger partial charge in [0, 0.05) is 39.9 Å². The van der Waals surface area contributed by atoms with E-state index in [1.807, 2.05) is 48.7 Å². The molecular formula is C20H19ClN2O. The summed E-state index contributed by atoms with van der Waals surface area (Å²) in [6, 6.07) is 17.7. The van der Waals surface area contributed by atoms with E-state index in [2.05, 4.69) is 35.5 Å². The van der Waals surface area contributed by atoms with E-state index in [-0.39, 0.29) is 0 Å². The lowest BCUT2D eigenvalue weighted by atomic mass is 10.2. The van der Waals surface area contributed by atoms with Gasteiger partial charge in [0.1, 0.15) is 5.75 Å². The summed E-state index contributed by atoms with van der Waals surface area (Å²) in [5.74, 6) is 0.800. The maximum atomic E-state index is 6.12. The normalized spacial score (nSPS) is 11.2. The Hall–Kier alpha value is -2.52. The molecule has 0 aliphatic heterocycles. The fraction of sp³-hybridized carbons (Fsp3) is 0.150. The fourth-order valence-electron chi connectivity index (χ4n) is 2.77. The number of aliphatic imine (C=N–C) groups is 1. The van der Waals surface area contributed by atoms with Crippen molar-refractivity contribution in [3.8, 4) is 11.4 Å². The van der Waals surface area contributed by atoms with Gasteiger partial charge in [0.15, 0.2) is 0 Å². The predicted octanol–water partition coefficient (Wildman–Crippen LogP) is 5.51. The Kier molecular flexibility index (Phi) is 4.72. The van der Waals surface area contributed by atoms with E-state index in [1.165, 1.54) is 0 Å². The van der Waals surface area contributed by atoms with Crippen LogP contribution >= 0.6 is 11.6 Å². The van der Waals surface area contributed by atoms with Crippen molar-refractivity contribution < 1.29 is 4.74 Å². The van der Waals surface area contributed by atoms with Crippen molar-refractivity contribution in [3.63, 3.8) is 0 Å². The number of rotatable bonds is 4. The molecule has 0 spiro atoms. The van der Waals surface area contributed by atoms with Gasteiger partial charge in [-0.1, -0.05) is 23.7 Å². The second kappa shape index (κ2) is 6.93. The van der Waals surface area contributed by atoms with Gasteiger partial charge in [0.05, 0.1) is 12.8 Å². The molecule has 24 heavy (non-hydrogen) atoms. The highest BCUT2D eigenvalue weighted by Crippen LogP contribution is 2.23. The van der Waals surface area contributed by atoms with Crippen LogP contribution in [0.1, 0.15) is 17.0 Å². The highest BCUT2D eigenvalue weighted by molar-refractivity contribution is 6.30. The minimum atomic E-state index is 0.728. The van der Waals surface area contributed by atoms with Crippen LogP contribution in [0.4, 0.5) is 5.69 Å². The minimum Gasteiger partial charge on any atom is -0.497 e. The summed E-state index contributed by atoms with van der Waals surface area (Å²) in [5, 5.41) is 0.728. The summed E-state index contributed by atoms with van der Waals surface area (Å²) in [7, 11) is 1.65. The van der Waals surface area contributed by atoms with Gasteiger partial charge in [0.2, 0.25) is 0 Å². The molecule has 0 unspecified atom stereocenters. The van der Waals surface area contributed by atoms with Gasteiger partial charge in [-0.15, -0.1) is 0 Å². The second-order valence-electron chi connectivity index (χ2n) is 5.60. The lowest BCUT2D eigenvalue weighted by Crippen LogP contribution is -1.99. The standard InChI is InChI=1S/C20H19ClN2O/c1-14-10-16(13-22-18-7-5-9-20(12-18)24-3)15(2)23(14)19-8-4-6-17(21)11-19/h4-13H,1-3H3. The number of aromatic nitrogens is 1. The number of aryl methyl sites for hydroxylation is 1. The average molecular weight is 339 g/mol. The van der Waals surface area contributed by atoms with Gasteiger partial charge in [0.25, 0.3) is 0 Å². The SMILES string of the molecule is COc1cccc(N=Cc2cc(C)n(-c3cccc(Cl)c3)c2C)c1. The third kappa shape index (κ3) is 3.36. The summed E-state index contributed by atoms with van der Waals surface area (Å²) >= 11 is 6.12. The van der Waals surface area contributed by atoms with E-state index in [4.69, 9.17) is 16.3 Å². The molecule has 0 amide bonds. The zero-order chi connectivity index (χ0) is 17.1. The minimum absolute atomic E-state index is 0.728. The van der Waals surface area contributed by atoms with Crippen molar-refractivity contribution in [1.82, 2.24) is 4.57 Å². The molecule has 0 bridgehead atoms. The molecule has 2 aromatic carbocycles. The number of benzene rings is 2. The quantitative estimate of drug-likeness (QED) is 0.576.